The minimum atomic E-state index is -0.320. The van der Waals surface area contributed by atoms with Crippen LogP contribution in [0.1, 0.15) is 10.4 Å². The number of nitrogens with one attached hydrogen (secondary N) is 1. The summed E-state index contributed by atoms with van der Waals surface area (Å²) in [6.45, 7) is 0. The SMILES string of the molecule is COc1ccc(NC(=O)c2ccc(N)cc2N)cc1OC. The van der Waals surface area contributed by atoms with E-state index in [1.54, 1.807) is 43.5 Å². The molecule has 5 N–H and O–H groups in total. The summed E-state index contributed by atoms with van der Waals surface area (Å²) in [5, 5.41) is 2.75. The molecule has 6 nitrogen and oxygen atoms in total. The zero-order chi connectivity index (χ0) is 15.4. The molecule has 2 rings (SSSR count). The van der Waals surface area contributed by atoms with E-state index in [-0.39, 0.29) is 5.91 Å². The summed E-state index contributed by atoms with van der Waals surface area (Å²) >= 11 is 0. The highest BCUT2D eigenvalue weighted by molar-refractivity contribution is 6.08. The van der Waals surface area contributed by atoms with Crippen LogP contribution in [0.4, 0.5) is 17.1 Å². The van der Waals surface area contributed by atoms with Crippen LogP contribution in [0.2, 0.25) is 0 Å². The summed E-state index contributed by atoms with van der Waals surface area (Å²) in [6, 6.07) is 9.85. The second kappa shape index (κ2) is 6.04. The highest BCUT2D eigenvalue weighted by Crippen LogP contribution is 2.30. The first-order valence-corrected chi connectivity index (χ1v) is 6.23. The number of carbonyl (C=O) groups is 1. The number of anilines is 3. The van der Waals surface area contributed by atoms with Gasteiger partial charge in [0.1, 0.15) is 0 Å². The number of carbonyl (C=O) groups excluding carboxylic acids is 1. The maximum atomic E-state index is 12.2. The van der Waals surface area contributed by atoms with Crippen LogP contribution < -0.4 is 26.3 Å². The van der Waals surface area contributed by atoms with E-state index in [0.29, 0.717) is 34.1 Å². The summed E-state index contributed by atoms with van der Waals surface area (Å²) in [6.07, 6.45) is 0. The predicted molar refractivity (Wildman–Crippen MR) is 82.8 cm³/mol. The van der Waals surface area contributed by atoms with Gasteiger partial charge in [0.05, 0.1) is 19.8 Å². The average Bonchev–Trinajstić information content (AvgIpc) is 2.46. The second-order valence-electron chi connectivity index (χ2n) is 4.37. The molecule has 0 bridgehead atoms. The van der Waals surface area contributed by atoms with E-state index >= 15 is 0 Å². The third-order valence-electron chi connectivity index (χ3n) is 2.96. The maximum Gasteiger partial charge on any atom is 0.257 e. The Morgan fingerprint density at radius 1 is 1.00 bits per heavy atom. The molecule has 0 aromatic heterocycles. The van der Waals surface area contributed by atoms with Gasteiger partial charge in [-0.25, -0.2) is 0 Å². The Morgan fingerprint density at radius 2 is 1.71 bits per heavy atom. The minimum absolute atomic E-state index is 0.320. The molecule has 0 spiro atoms. The molecule has 0 aliphatic rings. The van der Waals surface area contributed by atoms with Gasteiger partial charge in [-0.2, -0.15) is 0 Å². The van der Waals surface area contributed by atoms with Gasteiger partial charge in [0.2, 0.25) is 0 Å². The largest absolute Gasteiger partial charge is 0.493 e. The number of methoxy groups -OCH3 is 2. The summed E-state index contributed by atoms with van der Waals surface area (Å²) in [4.78, 5) is 12.2. The highest BCUT2D eigenvalue weighted by Gasteiger charge is 2.12. The second-order valence-corrected chi connectivity index (χ2v) is 4.37. The van der Waals surface area contributed by atoms with E-state index in [1.165, 1.54) is 7.11 Å². The van der Waals surface area contributed by atoms with E-state index in [4.69, 9.17) is 20.9 Å². The Labute approximate surface area is 122 Å². The summed E-state index contributed by atoms with van der Waals surface area (Å²) in [5.41, 5.74) is 13.2. The number of nitrogen functional groups attached to an aromatic ring is 2. The molecule has 0 unspecified atom stereocenters. The molecule has 21 heavy (non-hydrogen) atoms. The Balaban J connectivity index is 2.23. The van der Waals surface area contributed by atoms with Crippen LogP contribution in [-0.4, -0.2) is 20.1 Å². The maximum absolute atomic E-state index is 12.2. The van der Waals surface area contributed by atoms with Crippen molar-refractivity contribution in [2.24, 2.45) is 0 Å². The number of benzene rings is 2. The Bertz CT molecular complexity index is 671. The van der Waals surface area contributed by atoms with Crippen molar-refractivity contribution >= 4 is 23.0 Å². The van der Waals surface area contributed by atoms with Gasteiger partial charge in [-0.3, -0.25) is 4.79 Å². The van der Waals surface area contributed by atoms with Crippen LogP contribution in [0, 0.1) is 0 Å². The topological polar surface area (TPSA) is 99.6 Å². The van der Waals surface area contributed by atoms with Crippen molar-refractivity contribution in [3.63, 3.8) is 0 Å². The summed E-state index contributed by atoms with van der Waals surface area (Å²) in [7, 11) is 3.08. The summed E-state index contributed by atoms with van der Waals surface area (Å²) in [5.74, 6) is 0.794. The van der Waals surface area contributed by atoms with E-state index < -0.39 is 0 Å². The molecule has 0 saturated carbocycles. The molecule has 0 aliphatic heterocycles. The highest BCUT2D eigenvalue weighted by atomic mass is 16.5. The fourth-order valence-electron chi connectivity index (χ4n) is 1.90. The monoisotopic (exact) mass is 287 g/mol. The predicted octanol–water partition coefficient (Wildman–Crippen LogP) is 2.12. The lowest BCUT2D eigenvalue weighted by Crippen LogP contribution is -2.14. The first-order chi connectivity index (χ1) is 10.0. The molecule has 2 aromatic carbocycles. The normalized spacial score (nSPS) is 10.0. The van der Waals surface area contributed by atoms with Crippen LogP contribution in [0.25, 0.3) is 0 Å². The van der Waals surface area contributed by atoms with Crippen molar-refractivity contribution in [3.8, 4) is 11.5 Å². The molecular weight excluding hydrogens is 270 g/mol. The van der Waals surface area contributed by atoms with Crippen molar-refractivity contribution in [2.75, 3.05) is 31.0 Å². The molecule has 1 amide bonds. The van der Waals surface area contributed by atoms with E-state index in [9.17, 15) is 4.79 Å². The smallest absolute Gasteiger partial charge is 0.257 e. The minimum Gasteiger partial charge on any atom is -0.493 e. The van der Waals surface area contributed by atoms with Crippen molar-refractivity contribution in [3.05, 3.63) is 42.0 Å². The van der Waals surface area contributed by atoms with Gasteiger partial charge >= 0.3 is 0 Å². The lowest BCUT2D eigenvalue weighted by Gasteiger charge is -2.11. The van der Waals surface area contributed by atoms with Crippen LogP contribution in [0.15, 0.2) is 36.4 Å². The van der Waals surface area contributed by atoms with Crippen LogP contribution in [0.5, 0.6) is 11.5 Å². The fraction of sp³-hybridized carbons (Fsp3) is 0.133. The Kier molecular flexibility index (Phi) is 4.18. The van der Waals surface area contributed by atoms with Gasteiger partial charge < -0.3 is 26.3 Å². The zero-order valence-electron chi connectivity index (χ0n) is 11.8. The quantitative estimate of drug-likeness (QED) is 0.748. The fourth-order valence-corrected chi connectivity index (χ4v) is 1.90. The van der Waals surface area contributed by atoms with Gasteiger partial charge in [-0.15, -0.1) is 0 Å². The molecular formula is C15H17N3O3. The molecule has 110 valence electrons. The standard InChI is InChI=1S/C15H17N3O3/c1-20-13-6-4-10(8-14(13)21-2)18-15(19)11-5-3-9(16)7-12(11)17/h3-8H,16-17H2,1-2H3,(H,18,19). The average molecular weight is 287 g/mol. The molecule has 0 saturated heterocycles. The third kappa shape index (κ3) is 3.17. The molecule has 0 heterocycles. The van der Waals surface area contributed by atoms with Crippen molar-refractivity contribution in [2.45, 2.75) is 0 Å². The number of nitrogens with two attached hydrogens (primary N) is 2. The van der Waals surface area contributed by atoms with E-state index in [2.05, 4.69) is 5.32 Å². The molecule has 0 atom stereocenters. The number of ether oxygens (including phenoxy) is 2. The Hall–Kier alpha value is -2.89. The van der Waals surface area contributed by atoms with Gasteiger partial charge in [0.15, 0.2) is 11.5 Å². The number of amides is 1. The lowest BCUT2D eigenvalue weighted by molar-refractivity contribution is 0.102. The van der Waals surface area contributed by atoms with E-state index in [0.717, 1.165) is 0 Å². The molecule has 2 aromatic rings. The van der Waals surface area contributed by atoms with Gasteiger partial charge in [0.25, 0.3) is 5.91 Å². The first-order valence-electron chi connectivity index (χ1n) is 6.23. The van der Waals surface area contributed by atoms with Gasteiger partial charge in [-0.1, -0.05) is 0 Å². The lowest BCUT2D eigenvalue weighted by atomic mass is 10.1. The van der Waals surface area contributed by atoms with Crippen molar-refractivity contribution in [1.29, 1.82) is 0 Å². The zero-order valence-corrected chi connectivity index (χ0v) is 11.8. The first kappa shape index (κ1) is 14.5. The number of hydrogen-bond acceptors (Lipinski definition) is 5. The molecule has 0 aliphatic carbocycles. The molecule has 6 heteroatoms. The van der Waals surface area contributed by atoms with Crippen LogP contribution in [0.3, 0.4) is 0 Å². The van der Waals surface area contributed by atoms with Crippen molar-refractivity contribution < 1.29 is 14.3 Å². The third-order valence-corrected chi connectivity index (χ3v) is 2.96. The van der Waals surface area contributed by atoms with Crippen LogP contribution >= 0.6 is 0 Å². The van der Waals surface area contributed by atoms with Gasteiger partial charge in [0, 0.05) is 23.1 Å². The van der Waals surface area contributed by atoms with Crippen LogP contribution in [-0.2, 0) is 0 Å². The Morgan fingerprint density at radius 3 is 2.33 bits per heavy atom. The number of rotatable bonds is 4. The van der Waals surface area contributed by atoms with Crippen molar-refractivity contribution in [1.82, 2.24) is 0 Å². The molecule has 0 radical (unpaired) electrons. The van der Waals surface area contributed by atoms with E-state index in [1.807, 2.05) is 0 Å². The molecule has 0 fully saturated rings. The number of hydrogen-bond donors (Lipinski definition) is 3. The van der Waals surface area contributed by atoms with Gasteiger partial charge in [-0.05, 0) is 30.3 Å². The summed E-state index contributed by atoms with van der Waals surface area (Å²) < 4.78 is 10.3.